The Bertz CT molecular complexity index is 1370. The predicted molar refractivity (Wildman–Crippen MR) is 145 cm³/mol. The minimum absolute atomic E-state index is 0.143. The average Bonchev–Trinajstić information content (AvgIpc) is 3.19. The molecule has 7 nitrogen and oxygen atoms in total. The van der Waals surface area contributed by atoms with Crippen molar-refractivity contribution < 1.29 is 14.3 Å². The van der Waals surface area contributed by atoms with Crippen LogP contribution < -0.4 is 5.43 Å². The number of fused-ring (bicyclic) bond motifs is 4. The quantitative estimate of drug-likeness (QED) is 0.645. The van der Waals surface area contributed by atoms with Crippen molar-refractivity contribution >= 4 is 23.3 Å². The number of rotatable bonds is 4. The molecular weight excluding hydrogens is 481 g/mol. The molecule has 38 heavy (non-hydrogen) atoms. The molecule has 2 aliphatic carbocycles. The first kappa shape index (κ1) is 23.9. The van der Waals surface area contributed by atoms with Crippen LogP contribution in [0.2, 0.25) is 0 Å². The van der Waals surface area contributed by atoms with Crippen LogP contribution in [0.5, 0.6) is 0 Å². The average molecular weight is 516 g/mol. The summed E-state index contributed by atoms with van der Waals surface area (Å²) in [4.78, 5) is 19.6. The smallest absolute Gasteiger partial charge is 0.236 e. The Labute approximate surface area is 222 Å². The van der Waals surface area contributed by atoms with Gasteiger partial charge in [0.25, 0.3) is 0 Å². The highest BCUT2D eigenvalue weighted by molar-refractivity contribution is 6.20. The highest BCUT2D eigenvalue weighted by atomic mass is 19.1. The molecule has 2 fully saturated rings. The number of nitrogens with one attached hydrogen (secondary N) is 1. The molecule has 0 aromatic heterocycles. The van der Waals surface area contributed by atoms with Crippen LogP contribution in [0.4, 0.5) is 4.39 Å². The van der Waals surface area contributed by atoms with Crippen molar-refractivity contribution in [2.24, 2.45) is 5.10 Å². The number of aliphatic hydroxyl groups excluding tert-OH is 1. The van der Waals surface area contributed by atoms with E-state index in [1.165, 1.54) is 17.6 Å². The molecule has 1 aromatic carbocycles. The fourth-order valence-electron chi connectivity index (χ4n) is 7.07. The molecule has 2 bridgehead atoms. The molecule has 0 radical (unpaired) electrons. The van der Waals surface area contributed by atoms with Gasteiger partial charge in [-0.2, -0.15) is 5.10 Å². The van der Waals surface area contributed by atoms with Gasteiger partial charge in [-0.1, -0.05) is 18.6 Å². The summed E-state index contributed by atoms with van der Waals surface area (Å²) < 4.78 is 14.6. The molecule has 1 saturated carbocycles. The van der Waals surface area contributed by atoms with Gasteiger partial charge in [-0.05, 0) is 67.0 Å². The minimum Gasteiger partial charge on any atom is -0.393 e. The van der Waals surface area contributed by atoms with Gasteiger partial charge < -0.3 is 14.9 Å². The number of carbonyl (C=O) groups is 1. The third kappa shape index (κ3) is 3.84. The lowest BCUT2D eigenvalue weighted by atomic mass is 9.80. The molecule has 0 spiro atoms. The second kappa shape index (κ2) is 8.92. The van der Waals surface area contributed by atoms with E-state index >= 15 is 0 Å². The molecule has 6 aliphatic rings. The van der Waals surface area contributed by atoms with E-state index in [4.69, 9.17) is 5.10 Å². The number of halogens is 1. The van der Waals surface area contributed by atoms with Crippen LogP contribution in [0, 0.1) is 5.82 Å². The summed E-state index contributed by atoms with van der Waals surface area (Å²) >= 11 is 0. The van der Waals surface area contributed by atoms with Gasteiger partial charge in [-0.25, -0.2) is 4.39 Å². The Balaban J connectivity index is 1.21. The monoisotopic (exact) mass is 515 g/mol. The summed E-state index contributed by atoms with van der Waals surface area (Å²) in [6, 6.07) is 3.90. The van der Waals surface area contributed by atoms with E-state index in [2.05, 4.69) is 34.5 Å². The number of likely N-dealkylation sites (N-methyl/N-ethyl adjacent to an activating group) is 2. The van der Waals surface area contributed by atoms with E-state index in [9.17, 15) is 14.3 Å². The third-order valence-electron chi connectivity index (χ3n) is 9.23. The topological polar surface area (TPSA) is 71.4 Å². The second-order valence-electron chi connectivity index (χ2n) is 11.7. The zero-order valence-electron chi connectivity index (χ0n) is 22.0. The Hall–Kier alpha value is -3.23. The van der Waals surface area contributed by atoms with Gasteiger partial charge in [0.05, 0.1) is 24.1 Å². The molecule has 2 atom stereocenters. The summed E-state index contributed by atoms with van der Waals surface area (Å²) in [7, 11) is 3.94. The molecule has 2 N–H and O–H groups in total. The Morgan fingerprint density at radius 2 is 2.11 bits per heavy atom. The fraction of sp³-hybridized carbons (Fsp3) is 0.467. The SMILES string of the molecule is CN1C=C2C(=C(C3=CC4CCCC(C3)N4CC(=O)N(C)C3CC(O)C3)C1)NN=C1C=Cc3cc(F)cc2c31. The highest BCUT2D eigenvalue weighted by Crippen LogP contribution is 2.42. The summed E-state index contributed by atoms with van der Waals surface area (Å²) in [5.41, 5.74) is 11.4. The lowest BCUT2D eigenvalue weighted by Gasteiger charge is -2.47. The normalized spacial score (nSPS) is 29.4. The van der Waals surface area contributed by atoms with Crippen molar-refractivity contribution in [1.29, 1.82) is 0 Å². The summed E-state index contributed by atoms with van der Waals surface area (Å²) in [6.07, 6.45) is 13.6. The first-order valence-corrected chi connectivity index (χ1v) is 13.8. The van der Waals surface area contributed by atoms with Gasteiger partial charge in [0, 0.05) is 61.7 Å². The Morgan fingerprint density at radius 3 is 2.89 bits per heavy atom. The van der Waals surface area contributed by atoms with Gasteiger partial charge in [-0.3, -0.25) is 15.1 Å². The van der Waals surface area contributed by atoms with Gasteiger partial charge in [0.15, 0.2) is 0 Å². The van der Waals surface area contributed by atoms with Gasteiger partial charge in [-0.15, -0.1) is 0 Å². The molecule has 1 aromatic rings. The van der Waals surface area contributed by atoms with Crippen LogP contribution in [-0.4, -0.2) is 82.8 Å². The van der Waals surface area contributed by atoms with Crippen LogP contribution in [0.3, 0.4) is 0 Å². The number of hydrazone groups is 1. The maximum atomic E-state index is 14.6. The van der Waals surface area contributed by atoms with E-state index in [0.29, 0.717) is 25.4 Å². The molecule has 198 valence electrons. The summed E-state index contributed by atoms with van der Waals surface area (Å²) in [5, 5.41) is 14.4. The van der Waals surface area contributed by atoms with Crippen LogP contribution in [-0.2, 0) is 4.79 Å². The van der Waals surface area contributed by atoms with E-state index in [0.717, 1.165) is 59.5 Å². The first-order valence-electron chi connectivity index (χ1n) is 13.8. The second-order valence-corrected chi connectivity index (χ2v) is 11.7. The van der Waals surface area contributed by atoms with Crippen molar-refractivity contribution in [2.45, 2.75) is 62.8 Å². The lowest BCUT2D eigenvalue weighted by Crippen LogP contribution is -2.55. The molecule has 1 amide bonds. The summed E-state index contributed by atoms with van der Waals surface area (Å²) in [6.45, 7) is 1.17. The molecule has 1 saturated heterocycles. The van der Waals surface area contributed by atoms with Crippen LogP contribution >= 0.6 is 0 Å². The lowest BCUT2D eigenvalue weighted by molar-refractivity contribution is -0.138. The predicted octanol–water partition coefficient (Wildman–Crippen LogP) is 3.24. The van der Waals surface area contributed by atoms with Crippen LogP contribution in [0.1, 0.15) is 55.2 Å². The van der Waals surface area contributed by atoms with Crippen molar-refractivity contribution in [1.82, 2.24) is 20.1 Å². The number of amides is 1. The number of piperidine rings is 1. The maximum absolute atomic E-state index is 14.6. The van der Waals surface area contributed by atoms with E-state index in [1.54, 1.807) is 12.1 Å². The molecule has 8 heteroatoms. The largest absolute Gasteiger partial charge is 0.393 e. The number of aliphatic hydroxyl groups is 1. The number of carbonyl (C=O) groups excluding carboxylic acids is 1. The standard InChI is InChI=1S/C30H34FN5O2/c1-34-14-25(30-26(15-34)24-11-19(31)8-17-6-7-27(29(17)24)32-33-30)18-9-20-4-3-5-21(10-18)36(20)16-28(38)35(2)22-12-23(37)13-22/h6-9,11,15,20-23,33,37H,3-5,10,12-14,16H2,1-2H3. The third-order valence-corrected chi connectivity index (χ3v) is 9.23. The van der Waals surface area contributed by atoms with Crippen molar-refractivity contribution in [3.05, 3.63) is 69.8 Å². The zero-order chi connectivity index (χ0) is 26.1. The van der Waals surface area contributed by atoms with E-state index < -0.39 is 0 Å². The van der Waals surface area contributed by atoms with Gasteiger partial charge in [0.2, 0.25) is 5.91 Å². The van der Waals surface area contributed by atoms with Crippen molar-refractivity contribution in [3.8, 4) is 0 Å². The molecule has 7 rings (SSSR count). The zero-order valence-corrected chi connectivity index (χ0v) is 22.0. The molecule has 2 unspecified atom stereocenters. The number of hydrogen-bond donors (Lipinski definition) is 2. The summed E-state index contributed by atoms with van der Waals surface area (Å²) in [5.74, 6) is -0.0979. The highest BCUT2D eigenvalue weighted by Gasteiger charge is 2.40. The van der Waals surface area contributed by atoms with Crippen LogP contribution in [0.25, 0.3) is 11.6 Å². The van der Waals surface area contributed by atoms with Gasteiger partial charge in [0.1, 0.15) is 5.82 Å². The molecule has 4 heterocycles. The number of benzene rings is 1. The fourth-order valence-corrected chi connectivity index (χ4v) is 7.07. The van der Waals surface area contributed by atoms with Crippen molar-refractivity contribution in [3.63, 3.8) is 0 Å². The van der Waals surface area contributed by atoms with Crippen LogP contribution in [0.15, 0.2) is 52.4 Å². The minimum atomic E-state index is -0.268. The molecule has 4 aliphatic heterocycles. The number of nitrogens with zero attached hydrogens (tertiary/aromatic N) is 4. The number of allylic oxidation sites excluding steroid dienone is 2. The van der Waals surface area contributed by atoms with E-state index in [1.807, 2.05) is 24.1 Å². The first-order chi connectivity index (χ1) is 18.4. The maximum Gasteiger partial charge on any atom is 0.236 e. The number of hydrogen-bond acceptors (Lipinski definition) is 6. The van der Waals surface area contributed by atoms with Gasteiger partial charge >= 0.3 is 0 Å². The molecular formula is C30H34FN5O2. The Morgan fingerprint density at radius 1 is 1.26 bits per heavy atom. The van der Waals surface area contributed by atoms with Crippen molar-refractivity contribution in [2.75, 3.05) is 27.2 Å². The van der Waals surface area contributed by atoms with E-state index in [-0.39, 0.29) is 29.9 Å². The Kier molecular flexibility index (Phi) is 5.60.